The third-order valence-corrected chi connectivity index (χ3v) is 1.92. The molecule has 0 heterocycles. The Bertz CT molecular complexity index is 197. The number of carbonyl (C=O) groups is 1. The van der Waals surface area contributed by atoms with E-state index in [2.05, 4.69) is 0 Å². The molecule has 0 bridgehead atoms. The minimum Gasteiger partial charge on any atom is -0.347 e. The summed E-state index contributed by atoms with van der Waals surface area (Å²) in [5.74, 6) is 0.0300. The molecule has 0 aliphatic rings. The van der Waals surface area contributed by atoms with E-state index in [1.807, 2.05) is 0 Å². The van der Waals surface area contributed by atoms with Crippen LogP contribution in [0.25, 0.3) is 0 Å². The van der Waals surface area contributed by atoms with Gasteiger partial charge in [-0.15, -0.1) is 0 Å². The third kappa shape index (κ3) is 5.55. The highest BCUT2D eigenvalue weighted by Gasteiger charge is 2.02. The lowest BCUT2D eigenvalue weighted by Crippen LogP contribution is -2.23. The van der Waals surface area contributed by atoms with Crippen LogP contribution in [0, 0.1) is 0 Å². The number of carbonyl (C=O) groups excluding carboxylic acids is 1. The number of sulfone groups is 1. The van der Waals surface area contributed by atoms with Gasteiger partial charge in [0.05, 0.1) is 5.75 Å². The van der Waals surface area contributed by atoms with Gasteiger partial charge >= 0.3 is 0 Å². The van der Waals surface area contributed by atoms with Gasteiger partial charge in [-0.2, -0.15) is 0 Å². The zero-order valence-electron chi connectivity index (χ0n) is 6.07. The average Bonchev–Trinajstić information content (AvgIpc) is 1.81. The molecule has 0 fully saturated rings. The molecule has 0 rings (SSSR count). The van der Waals surface area contributed by atoms with E-state index in [9.17, 15) is 13.2 Å². The fourth-order valence-corrected chi connectivity index (χ4v) is 0.982. The van der Waals surface area contributed by atoms with E-state index in [4.69, 9.17) is 0 Å². The number of hydrogen-bond acceptors (Lipinski definition) is 3. The zero-order valence-corrected chi connectivity index (χ0v) is 6.89. The maximum absolute atomic E-state index is 10.5. The van der Waals surface area contributed by atoms with Crippen molar-refractivity contribution in [3.05, 3.63) is 0 Å². The standard InChI is InChI=1S/C5H11NO3S/c1-6(5-7)3-4-10(2,8)9/h5H,3-4H2,1-2H3. The third-order valence-electron chi connectivity index (χ3n) is 0.995. The molecule has 0 saturated carbocycles. The molecule has 5 heteroatoms. The van der Waals surface area contributed by atoms with Crippen LogP contribution in [0.3, 0.4) is 0 Å². The van der Waals surface area contributed by atoms with Crippen molar-refractivity contribution in [2.45, 2.75) is 0 Å². The second kappa shape index (κ2) is 3.55. The van der Waals surface area contributed by atoms with Crippen LogP contribution in [-0.2, 0) is 14.6 Å². The molecular formula is C5H11NO3S. The molecule has 4 nitrogen and oxygen atoms in total. The fourth-order valence-electron chi connectivity index (χ4n) is 0.363. The second-order valence-corrected chi connectivity index (χ2v) is 4.48. The molecule has 0 saturated heterocycles. The van der Waals surface area contributed by atoms with Gasteiger partial charge in [0.2, 0.25) is 6.41 Å². The summed E-state index contributed by atoms with van der Waals surface area (Å²) in [6.45, 7) is 0.266. The topological polar surface area (TPSA) is 54.5 Å². The summed E-state index contributed by atoms with van der Waals surface area (Å²) in [6, 6.07) is 0. The van der Waals surface area contributed by atoms with Crippen LogP contribution in [0.4, 0.5) is 0 Å². The largest absolute Gasteiger partial charge is 0.347 e. The molecule has 0 N–H and O–H groups in total. The summed E-state index contributed by atoms with van der Waals surface area (Å²) < 4.78 is 21.0. The van der Waals surface area contributed by atoms with Crippen molar-refractivity contribution in [3.63, 3.8) is 0 Å². The molecule has 0 radical (unpaired) electrons. The van der Waals surface area contributed by atoms with Gasteiger partial charge in [0.1, 0.15) is 9.84 Å². The van der Waals surface area contributed by atoms with Gasteiger partial charge in [0, 0.05) is 19.8 Å². The molecule has 0 aromatic heterocycles. The molecule has 10 heavy (non-hydrogen) atoms. The number of hydrogen-bond donors (Lipinski definition) is 0. The lowest BCUT2D eigenvalue weighted by molar-refractivity contribution is -0.116. The Morgan fingerprint density at radius 1 is 1.50 bits per heavy atom. The summed E-state index contributed by atoms with van der Waals surface area (Å²) >= 11 is 0. The van der Waals surface area contributed by atoms with Crippen LogP contribution < -0.4 is 0 Å². The minimum atomic E-state index is -2.93. The highest BCUT2D eigenvalue weighted by Crippen LogP contribution is 1.83. The van der Waals surface area contributed by atoms with Crippen molar-refractivity contribution in [2.24, 2.45) is 0 Å². The van der Waals surface area contributed by atoms with Crippen LogP contribution in [-0.4, -0.2) is 45.3 Å². The Morgan fingerprint density at radius 3 is 2.30 bits per heavy atom. The highest BCUT2D eigenvalue weighted by atomic mass is 32.2. The van der Waals surface area contributed by atoms with Gasteiger partial charge < -0.3 is 4.90 Å². The molecular weight excluding hydrogens is 154 g/mol. The predicted octanol–water partition coefficient (Wildman–Crippen LogP) is -0.881. The lowest BCUT2D eigenvalue weighted by atomic mass is 10.7. The van der Waals surface area contributed by atoms with Crippen molar-refractivity contribution >= 4 is 16.2 Å². The van der Waals surface area contributed by atoms with E-state index in [1.54, 1.807) is 0 Å². The van der Waals surface area contributed by atoms with Crippen LogP contribution in [0.5, 0.6) is 0 Å². The highest BCUT2D eigenvalue weighted by molar-refractivity contribution is 7.90. The van der Waals surface area contributed by atoms with Crippen LogP contribution in [0.1, 0.15) is 0 Å². The van der Waals surface area contributed by atoms with Crippen LogP contribution in [0.15, 0.2) is 0 Å². The fraction of sp³-hybridized carbons (Fsp3) is 0.800. The predicted molar refractivity (Wildman–Crippen MR) is 38.4 cm³/mol. The Kier molecular flexibility index (Phi) is 3.35. The van der Waals surface area contributed by atoms with E-state index in [-0.39, 0.29) is 12.3 Å². The Hall–Kier alpha value is -0.580. The number of nitrogens with zero attached hydrogens (tertiary/aromatic N) is 1. The summed E-state index contributed by atoms with van der Waals surface area (Å²) in [7, 11) is -1.39. The summed E-state index contributed by atoms with van der Waals surface area (Å²) in [4.78, 5) is 11.2. The maximum atomic E-state index is 10.5. The van der Waals surface area contributed by atoms with E-state index in [0.717, 1.165) is 6.26 Å². The van der Waals surface area contributed by atoms with Crippen LogP contribution >= 0.6 is 0 Å². The zero-order chi connectivity index (χ0) is 8.20. The molecule has 0 spiro atoms. The van der Waals surface area contributed by atoms with Crippen molar-refractivity contribution in [1.29, 1.82) is 0 Å². The molecule has 0 aromatic rings. The first-order valence-corrected chi connectivity index (χ1v) is 4.85. The Balaban J connectivity index is 3.66. The molecule has 0 unspecified atom stereocenters. The molecule has 0 aliphatic carbocycles. The van der Waals surface area contributed by atoms with Crippen molar-refractivity contribution in [2.75, 3.05) is 25.6 Å². The number of amides is 1. The van der Waals surface area contributed by atoms with Gasteiger partial charge in [0.15, 0.2) is 0 Å². The lowest BCUT2D eigenvalue weighted by Gasteiger charge is -2.07. The Morgan fingerprint density at radius 2 is 2.00 bits per heavy atom. The first-order chi connectivity index (χ1) is 4.45. The van der Waals surface area contributed by atoms with Gasteiger partial charge in [-0.1, -0.05) is 0 Å². The normalized spacial score (nSPS) is 11.0. The molecule has 60 valence electrons. The maximum Gasteiger partial charge on any atom is 0.209 e. The van der Waals surface area contributed by atoms with E-state index >= 15 is 0 Å². The van der Waals surface area contributed by atoms with Crippen molar-refractivity contribution < 1.29 is 13.2 Å². The van der Waals surface area contributed by atoms with Crippen LogP contribution in [0.2, 0.25) is 0 Å². The molecule has 0 atom stereocenters. The molecule has 0 aliphatic heterocycles. The van der Waals surface area contributed by atoms with Gasteiger partial charge in [-0.3, -0.25) is 4.79 Å². The quantitative estimate of drug-likeness (QED) is 0.508. The smallest absolute Gasteiger partial charge is 0.209 e. The first kappa shape index (κ1) is 9.42. The van der Waals surface area contributed by atoms with Gasteiger partial charge in [-0.25, -0.2) is 8.42 Å². The van der Waals surface area contributed by atoms with E-state index in [0.29, 0.717) is 6.41 Å². The average molecular weight is 165 g/mol. The molecule has 1 amide bonds. The SMILES string of the molecule is CN(C=O)CCS(C)(=O)=O. The summed E-state index contributed by atoms with van der Waals surface area (Å²) in [5, 5.41) is 0. The first-order valence-electron chi connectivity index (χ1n) is 2.79. The monoisotopic (exact) mass is 165 g/mol. The molecule has 0 aromatic carbocycles. The Labute approximate surface area is 60.7 Å². The van der Waals surface area contributed by atoms with Gasteiger partial charge in [-0.05, 0) is 0 Å². The van der Waals surface area contributed by atoms with Crippen molar-refractivity contribution in [3.8, 4) is 0 Å². The summed E-state index contributed by atoms with van der Waals surface area (Å²) in [5.41, 5.74) is 0. The summed E-state index contributed by atoms with van der Waals surface area (Å²) in [6.07, 6.45) is 1.75. The van der Waals surface area contributed by atoms with Crippen molar-refractivity contribution in [1.82, 2.24) is 4.90 Å². The van der Waals surface area contributed by atoms with E-state index in [1.165, 1.54) is 11.9 Å². The number of rotatable bonds is 4. The van der Waals surface area contributed by atoms with E-state index < -0.39 is 9.84 Å². The van der Waals surface area contributed by atoms with Gasteiger partial charge in [0.25, 0.3) is 0 Å². The second-order valence-electron chi connectivity index (χ2n) is 2.22. The minimum absolute atomic E-state index is 0.0300.